The van der Waals surface area contributed by atoms with E-state index in [0.717, 1.165) is 22.5 Å². The van der Waals surface area contributed by atoms with Crippen molar-refractivity contribution in [3.05, 3.63) is 59.3 Å². The quantitative estimate of drug-likeness (QED) is 0.783. The molecule has 0 amide bonds. The van der Waals surface area contributed by atoms with E-state index >= 15 is 0 Å². The normalized spacial score (nSPS) is 15.4. The van der Waals surface area contributed by atoms with Crippen LogP contribution in [0.1, 0.15) is 5.56 Å². The first-order valence-corrected chi connectivity index (χ1v) is 5.14. The van der Waals surface area contributed by atoms with Crippen molar-refractivity contribution in [3.8, 4) is 0 Å². The molecule has 0 aliphatic carbocycles. The Balaban J connectivity index is 2.22. The van der Waals surface area contributed by atoms with E-state index in [4.69, 9.17) is 0 Å². The molecule has 0 spiro atoms. The van der Waals surface area contributed by atoms with Crippen molar-refractivity contribution in [2.75, 3.05) is 6.54 Å². The van der Waals surface area contributed by atoms with Crippen LogP contribution in [0.3, 0.4) is 0 Å². The largest absolute Gasteiger partial charge is 0.298 e. The van der Waals surface area contributed by atoms with Gasteiger partial charge in [0, 0.05) is 11.8 Å². The van der Waals surface area contributed by atoms with Crippen molar-refractivity contribution >= 4 is 6.29 Å². The van der Waals surface area contributed by atoms with E-state index in [1.54, 1.807) is 6.08 Å². The number of allylic oxidation sites excluding steroid dienone is 2. The van der Waals surface area contributed by atoms with Gasteiger partial charge in [0.25, 0.3) is 0 Å². The van der Waals surface area contributed by atoms with Crippen molar-refractivity contribution < 1.29 is 10.0 Å². The maximum Gasteiger partial charge on any atom is 0.150 e. The van der Waals surface area contributed by atoms with E-state index in [0.29, 0.717) is 18.5 Å². The first-order valence-electron chi connectivity index (χ1n) is 5.14. The summed E-state index contributed by atoms with van der Waals surface area (Å²) in [4.78, 5) is 10.9. The molecule has 0 bridgehead atoms. The second-order valence-electron chi connectivity index (χ2n) is 3.75. The summed E-state index contributed by atoms with van der Waals surface area (Å²) >= 11 is 0. The molecule has 1 aromatic carbocycles. The highest BCUT2D eigenvalue weighted by Crippen LogP contribution is 2.17. The zero-order valence-electron chi connectivity index (χ0n) is 8.84. The number of benzene rings is 1. The van der Waals surface area contributed by atoms with Gasteiger partial charge in [0.2, 0.25) is 0 Å². The highest BCUT2D eigenvalue weighted by molar-refractivity contribution is 5.79. The van der Waals surface area contributed by atoms with Crippen LogP contribution in [0.5, 0.6) is 0 Å². The van der Waals surface area contributed by atoms with Gasteiger partial charge in [0.05, 0.1) is 6.54 Å². The average molecular weight is 215 g/mol. The molecular weight excluding hydrogens is 202 g/mol. The number of hydroxylamine groups is 2. The predicted molar refractivity (Wildman–Crippen MR) is 60.9 cm³/mol. The summed E-state index contributed by atoms with van der Waals surface area (Å²) < 4.78 is 0. The molecule has 1 aliphatic rings. The summed E-state index contributed by atoms with van der Waals surface area (Å²) in [6.07, 6.45) is 4.66. The maximum absolute atomic E-state index is 10.9. The third-order valence-electron chi connectivity index (χ3n) is 2.57. The van der Waals surface area contributed by atoms with E-state index in [1.165, 1.54) is 6.20 Å². The van der Waals surface area contributed by atoms with Crippen LogP contribution in [0, 0.1) is 0 Å². The summed E-state index contributed by atoms with van der Waals surface area (Å²) in [7, 11) is 0. The summed E-state index contributed by atoms with van der Waals surface area (Å²) in [5, 5.41) is 10.5. The van der Waals surface area contributed by atoms with Crippen molar-refractivity contribution in [1.82, 2.24) is 5.06 Å². The van der Waals surface area contributed by atoms with Crippen LogP contribution in [-0.4, -0.2) is 23.1 Å². The van der Waals surface area contributed by atoms with Crippen molar-refractivity contribution in [1.29, 1.82) is 0 Å². The Bertz CT molecular complexity index is 435. The Morgan fingerprint density at radius 2 is 2.06 bits per heavy atom. The molecule has 2 rings (SSSR count). The van der Waals surface area contributed by atoms with E-state index in [-0.39, 0.29) is 0 Å². The van der Waals surface area contributed by atoms with Crippen LogP contribution < -0.4 is 0 Å². The van der Waals surface area contributed by atoms with Gasteiger partial charge in [-0.2, -0.15) is 0 Å². The first kappa shape index (κ1) is 10.6. The van der Waals surface area contributed by atoms with Crippen molar-refractivity contribution in [2.24, 2.45) is 0 Å². The van der Waals surface area contributed by atoms with Gasteiger partial charge in [-0.25, -0.2) is 0 Å². The highest BCUT2D eigenvalue weighted by Gasteiger charge is 2.12. The zero-order chi connectivity index (χ0) is 11.4. The number of rotatable bonds is 3. The van der Waals surface area contributed by atoms with Crippen LogP contribution in [0.15, 0.2) is 53.8 Å². The topological polar surface area (TPSA) is 40.5 Å². The Hall–Kier alpha value is -1.87. The lowest BCUT2D eigenvalue weighted by Gasteiger charge is -2.20. The van der Waals surface area contributed by atoms with Crippen molar-refractivity contribution in [2.45, 2.75) is 6.42 Å². The minimum atomic E-state index is 0.388. The number of nitrogens with zero attached hydrogens (tertiary/aromatic N) is 1. The third kappa shape index (κ3) is 2.38. The standard InChI is InChI=1S/C13H13NO2/c15-10-12-6-7-14(16)9-13(12)8-11-4-2-1-3-5-11/h1-7,10,16H,8-9H2. The minimum Gasteiger partial charge on any atom is -0.298 e. The fraction of sp³-hybridized carbons (Fsp3) is 0.154. The van der Waals surface area contributed by atoms with Gasteiger partial charge >= 0.3 is 0 Å². The molecule has 0 fully saturated rings. The van der Waals surface area contributed by atoms with Gasteiger partial charge in [0.1, 0.15) is 6.29 Å². The van der Waals surface area contributed by atoms with Gasteiger partial charge in [-0.1, -0.05) is 30.3 Å². The smallest absolute Gasteiger partial charge is 0.150 e. The van der Waals surface area contributed by atoms with Crippen LogP contribution in [-0.2, 0) is 11.2 Å². The van der Waals surface area contributed by atoms with E-state index in [1.807, 2.05) is 30.3 Å². The minimum absolute atomic E-state index is 0.388. The molecule has 0 aromatic heterocycles. The molecule has 0 radical (unpaired) electrons. The van der Waals surface area contributed by atoms with E-state index in [9.17, 15) is 10.0 Å². The fourth-order valence-electron chi connectivity index (χ4n) is 1.75. The molecule has 16 heavy (non-hydrogen) atoms. The molecule has 0 atom stereocenters. The number of aldehydes is 1. The summed E-state index contributed by atoms with van der Waals surface area (Å²) in [6, 6.07) is 9.90. The highest BCUT2D eigenvalue weighted by atomic mass is 16.5. The molecule has 3 nitrogen and oxygen atoms in total. The van der Waals surface area contributed by atoms with Crippen LogP contribution in [0.25, 0.3) is 0 Å². The summed E-state index contributed by atoms with van der Waals surface area (Å²) in [5.41, 5.74) is 2.74. The molecule has 0 saturated heterocycles. The molecule has 1 N–H and O–H groups in total. The van der Waals surface area contributed by atoms with Crippen LogP contribution >= 0.6 is 0 Å². The van der Waals surface area contributed by atoms with Gasteiger partial charge in [-0.3, -0.25) is 15.1 Å². The molecule has 1 heterocycles. The lowest BCUT2D eigenvalue weighted by Crippen LogP contribution is -2.21. The van der Waals surface area contributed by atoms with Gasteiger partial charge in [-0.15, -0.1) is 0 Å². The van der Waals surface area contributed by atoms with Gasteiger partial charge in [-0.05, 0) is 23.6 Å². The fourth-order valence-corrected chi connectivity index (χ4v) is 1.75. The van der Waals surface area contributed by atoms with Gasteiger partial charge < -0.3 is 0 Å². The van der Waals surface area contributed by atoms with E-state index < -0.39 is 0 Å². The molecule has 1 aromatic rings. The summed E-state index contributed by atoms with van der Waals surface area (Å²) in [6.45, 7) is 0.388. The molecule has 0 saturated carbocycles. The molecule has 3 heteroatoms. The molecular formula is C13H13NO2. The Kier molecular flexibility index (Phi) is 3.17. The SMILES string of the molecule is O=CC1=C(Cc2ccccc2)CN(O)C=C1. The lowest BCUT2D eigenvalue weighted by atomic mass is 9.99. The Morgan fingerprint density at radius 3 is 2.75 bits per heavy atom. The number of carbonyl (C=O) groups excluding carboxylic acids is 1. The van der Waals surface area contributed by atoms with Gasteiger partial charge in [0.15, 0.2) is 0 Å². The Labute approximate surface area is 94.3 Å². The number of hydrogen-bond donors (Lipinski definition) is 1. The number of carbonyl (C=O) groups is 1. The van der Waals surface area contributed by atoms with Crippen molar-refractivity contribution in [3.63, 3.8) is 0 Å². The van der Waals surface area contributed by atoms with Crippen LogP contribution in [0.4, 0.5) is 0 Å². The molecule has 0 unspecified atom stereocenters. The maximum atomic E-state index is 10.9. The van der Waals surface area contributed by atoms with E-state index in [2.05, 4.69) is 0 Å². The summed E-state index contributed by atoms with van der Waals surface area (Å²) in [5.74, 6) is 0. The Morgan fingerprint density at radius 1 is 1.31 bits per heavy atom. The first-order chi connectivity index (χ1) is 7.79. The zero-order valence-corrected chi connectivity index (χ0v) is 8.84. The average Bonchev–Trinajstić information content (AvgIpc) is 2.31. The lowest BCUT2D eigenvalue weighted by molar-refractivity contribution is -0.104. The number of hydrogen-bond acceptors (Lipinski definition) is 3. The second-order valence-corrected chi connectivity index (χ2v) is 3.75. The third-order valence-corrected chi connectivity index (χ3v) is 2.57. The predicted octanol–water partition coefficient (Wildman–Crippen LogP) is 1.94. The molecule has 82 valence electrons. The monoisotopic (exact) mass is 215 g/mol. The second kappa shape index (κ2) is 4.77. The van der Waals surface area contributed by atoms with Crippen LogP contribution in [0.2, 0.25) is 0 Å². The molecule has 1 aliphatic heterocycles.